The molecule has 0 bridgehead atoms. The van der Waals surface area contributed by atoms with Gasteiger partial charge in [-0.1, -0.05) is 29.8 Å². The largest absolute Gasteiger partial charge is 0.497 e. The molecule has 0 radical (unpaired) electrons. The number of hydrogen-bond acceptors (Lipinski definition) is 6. The number of aryl methyl sites for hydroxylation is 1. The van der Waals surface area contributed by atoms with Crippen molar-refractivity contribution in [3.05, 3.63) is 81.9 Å². The van der Waals surface area contributed by atoms with Gasteiger partial charge in [-0.05, 0) is 66.9 Å². The van der Waals surface area contributed by atoms with E-state index in [9.17, 15) is 9.59 Å². The van der Waals surface area contributed by atoms with Crippen molar-refractivity contribution in [2.75, 3.05) is 26.1 Å². The second-order valence-electron chi connectivity index (χ2n) is 7.55. The number of hydrazone groups is 1. The van der Waals surface area contributed by atoms with Gasteiger partial charge in [0.05, 0.1) is 25.5 Å². The Balaban J connectivity index is 1.64. The number of halogens is 1. The minimum Gasteiger partial charge on any atom is -0.497 e. The maximum Gasteiger partial charge on any atom is 0.271 e. The SMILES string of the molecule is COc1cccc(C(=O)N/N=C/c2cc(Cl)c(OCC(=O)Nc3cccc(C)c3C)c(OC)c2)c1. The van der Waals surface area contributed by atoms with Gasteiger partial charge in [-0.25, -0.2) is 5.43 Å². The van der Waals surface area contributed by atoms with Gasteiger partial charge in [0.1, 0.15) is 5.75 Å². The molecule has 0 aliphatic rings. The zero-order valence-electron chi connectivity index (χ0n) is 19.8. The number of ether oxygens (including phenoxy) is 3. The molecular formula is C26H26ClN3O5. The normalized spacial score (nSPS) is 10.7. The van der Waals surface area contributed by atoms with Crippen molar-refractivity contribution in [2.24, 2.45) is 5.10 Å². The van der Waals surface area contributed by atoms with Gasteiger partial charge in [0.2, 0.25) is 0 Å². The Bertz CT molecular complexity index is 1260. The van der Waals surface area contributed by atoms with Crippen molar-refractivity contribution in [1.29, 1.82) is 0 Å². The molecule has 0 aliphatic heterocycles. The number of carbonyl (C=O) groups excluding carboxylic acids is 2. The van der Waals surface area contributed by atoms with Crippen molar-refractivity contribution in [1.82, 2.24) is 5.43 Å². The summed E-state index contributed by atoms with van der Waals surface area (Å²) in [5, 5.41) is 7.03. The zero-order valence-corrected chi connectivity index (χ0v) is 20.6. The number of anilines is 1. The van der Waals surface area contributed by atoms with Crippen molar-refractivity contribution in [3.8, 4) is 17.2 Å². The topological polar surface area (TPSA) is 98.3 Å². The summed E-state index contributed by atoms with van der Waals surface area (Å²) in [6, 6.07) is 15.6. The molecule has 3 aromatic carbocycles. The molecular weight excluding hydrogens is 470 g/mol. The van der Waals surface area contributed by atoms with E-state index >= 15 is 0 Å². The van der Waals surface area contributed by atoms with Crippen LogP contribution in [0.2, 0.25) is 5.02 Å². The molecule has 0 unspecified atom stereocenters. The lowest BCUT2D eigenvalue weighted by Crippen LogP contribution is -2.21. The third kappa shape index (κ3) is 6.74. The van der Waals surface area contributed by atoms with Gasteiger partial charge >= 0.3 is 0 Å². The van der Waals surface area contributed by atoms with E-state index in [-0.39, 0.29) is 23.3 Å². The zero-order chi connectivity index (χ0) is 25.4. The molecule has 2 N–H and O–H groups in total. The Hall–Kier alpha value is -4.04. The van der Waals surface area contributed by atoms with Crippen LogP contribution in [0, 0.1) is 13.8 Å². The van der Waals surface area contributed by atoms with E-state index in [0.29, 0.717) is 22.6 Å². The molecule has 9 heteroatoms. The third-order valence-corrected chi connectivity index (χ3v) is 5.47. The molecule has 35 heavy (non-hydrogen) atoms. The molecule has 0 atom stereocenters. The molecule has 2 amide bonds. The molecule has 0 saturated carbocycles. The first-order valence-corrected chi connectivity index (χ1v) is 11.0. The van der Waals surface area contributed by atoms with E-state index in [1.165, 1.54) is 20.4 Å². The summed E-state index contributed by atoms with van der Waals surface area (Å²) in [5.74, 6) is 0.382. The highest BCUT2D eigenvalue weighted by Gasteiger charge is 2.14. The molecule has 3 rings (SSSR count). The van der Waals surface area contributed by atoms with Gasteiger partial charge in [0, 0.05) is 11.3 Å². The molecule has 0 heterocycles. The van der Waals surface area contributed by atoms with Crippen molar-refractivity contribution in [3.63, 3.8) is 0 Å². The molecule has 3 aromatic rings. The Morgan fingerprint density at radius 1 is 1.03 bits per heavy atom. The number of nitrogens with zero attached hydrogens (tertiary/aromatic N) is 1. The smallest absolute Gasteiger partial charge is 0.271 e. The predicted molar refractivity (Wildman–Crippen MR) is 136 cm³/mol. The standard InChI is InChI=1S/C26H26ClN3O5/c1-16-7-5-10-22(17(16)2)29-24(31)15-35-25-21(27)11-18(12-23(25)34-4)14-28-30-26(32)19-8-6-9-20(13-19)33-3/h5-14H,15H2,1-4H3,(H,29,31)(H,30,32)/b28-14+. The van der Waals surface area contributed by atoms with Crippen LogP contribution < -0.4 is 25.0 Å². The fourth-order valence-corrected chi connectivity index (χ4v) is 3.43. The molecule has 0 spiro atoms. The van der Waals surface area contributed by atoms with Crippen LogP contribution in [0.5, 0.6) is 17.2 Å². The molecule has 0 fully saturated rings. The summed E-state index contributed by atoms with van der Waals surface area (Å²) in [6.45, 7) is 3.65. The molecule has 0 aliphatic carbocycles. The van der Waals surface area contributed by atoms with Crippen LogP contribution in [-0.2, 0) is 4.79 Å². The lowest BCUT2D eigenvalue weighted by molar-refractivity contribution is -0.118. The highest BCUT2D eigenvalue weighted by Crippen LogP contribution is 2.36. The summed E-state index contributed by atoms with van der Waals surface area (Å²) in [4.78, 5) is 24.7. The second-order valence-corrected chi connectivity index (χ2v) is 7.96. The minimum absolute atomic E-state index is 0.225. The van der Waals surface area contributed by atoms with Crippen LogP contribution >= 0.6 is 11.6 Å². The maximum atomic E-state index is 12.4. The Labute approximate surface area is 208 Å². The maximum absolute atomic E-state index is 12.4. The quantitative estimate of drug-likeness (QED) is 0.329. The number of methoxy groups -OCH3 is 2. The number of rotatable bonds is 9. The fraction of sp³-hybridized carbons (Fsp3) is 0.192. The Kier molecular flexibility index (Phi) is 8.69. The Morgan fingerprint density at radius 3 is 2.54 bits per heavy atom. The average Bonchev–Trinajstić information content (AvgIpc) is 2.85. The third-order valence-electron chi connectivity index (χ3n) is 5.19. The van der Waals surface area contributed by atoms with E-state index in [2.05, 4.69) is 15.8 Å². The van der Waals surface area contributed by atoms with E-state index in [1.807, 2.05) is 32.0 Å². The van der Waals surface area contributed by atoms with Crippen LogP contribution in [0.3, 0.4) is 0 Å². The van der Waals surface area contributed by atoms with Gasteiger partial charge in [-0.2, -0.15) is 5.10 Å². The summed E-state index contributed by atoms with van der Waals surface area (Å²) >= 11 is 6.37. The second kappa shape index (κ2) is 11.9. The number of amides is 2. The molecule has 8 nitrogen and oxygen atoms in total. The van der Waals surface area contributed by atoms with Gasteiger partial charge in [0.25, 0.3) is 11.8 Å². The van der Waals surface area contributed by atoms with Gasteiger partial charge in [-0.3, -0.25) is 9.59 Å². The van der Waals surface area contributed by atoms with Gasteiger partial charge in [0.15, 0.2) is 18.1 Å². The van der Waals surface area contributed by atoms with E-state index in [1.54, 1.807) is 36.4 Å². The highest BCUT2D eigenvalue weighted by atomic mass is 35.5. The van der Waals surface area contributed by atoms with Crippen molar-refractivity contribution in [2.45, 2.75) is 13.8 Å². The van der Waals surface area contributed by atoms with Crippen LogP contribution in [0.1, 0.15) is 27.0 Å². The average molecular weight is 496 g/mol. The van der Waals surface area contributed by atoms with Crippen LogP contribution in [0.15, 0.2) is 59.7 Å². The summed E-state index contributed by atoms with van der Waals surface area (Å²) in [6.07, 6.45) is 1.42. The molecule has 182 valence electrons. The first kappa shape index (κ1) is 25.6. The van der Waals surface area contributed by atoms with Crippen molar-refractivity contribution >= 4 is 35.3 Å². The van der Waals surface area contributed by atoms with E-state index in [0.717, 1.165) is 16.8 Å². The summed E-state index contributed by atoms with van der Waals surface area (Å²) < 4.78 is 16.1. The van der Waals surface area contributed by atoms with E-state index in [4.69, 9.17) is 25.8 Å². The summed E-state index contributed by atoms with van der Waals surface area (Å²) in [5.41, 5.74) is 6.19. The Morgan fingerprint density at radius 2 is 1.80 bits per heavy atom. The number of benzene rings is 3. The van der Waals surface area contributed by atoms with Gasteiger partial charge < -0.3 is 19.5 Å². The van der Waals surface area contributed by atoms with Crippen molar-refractivity contribution < 1.29 is 23.8 Å². The monoisotopic (exact) mass is 495 g/mol. The van der Waals surface area contributed by atoms with Crippen LogP contribution in [0.25, 0.3) is 0 Å². The number of nitrogens with one attached hydrogen (secondary N) is 2. The van der Waals surface area contributed by atoms with Gasteiger partial charge in [-0.15, -0.1) is 0 Å². The molecule has 0 saturated heterocycles. The predicted octanol–water partition coefficient (Wildman–Crippen LogP) is 4.76. The first-order valence-electron chi connectivity index (χ1n) is 10.7. The fourth-order valence-electron chi connectivity index (χ4n) is 3.16. The highest BCUT2D eigenvalue weighted by molar-refractivity contribution is 6.32. The summed E-state index contributed by atoms with van der Waals surface area (Å²) in [7, 11) is 2.98. The molecule has 0 aromatic heterocycles. The number of carbonyl (C=O) groups is 2. The van der Waals surface area contributed by atoms with E-state index < -0.39 is 5.91 Å². The van der Waals surface area contributed by atoms with Crippen LogP contribution in [-0.4, -0.2) is 38.9 Å². The first-order chi connectivity index (χ1) is 16.8. The lowest BCUT2D eigenvalue weighted by Gasteiger charge is -2.14. The lowest BCUT2D eigenvalue weighted by atomic mass is 10.1. The minimum atomic E-state index is -0.395. The number of hydrogen-bond donors (Lipinski definition) is 2. The van der Waals surface area contributed by atoms with Crippen LogP contribution in [0.4, 0.5) is 5.69 Å².